The van der Waals surface area contributed by atoms with E-state index in [0.717, 1.165) is 23.6 Å². The number of hydrogen-bond donors (Lipinski definition) is 1. The van der Waals surface area contributed by atoms with Crippen molar-refractivity contribution in [1.29, 1.82) is 0 Å². The number of H-pyrrole nitrogens is 1. The molecule has 0 radical (unpaired) electrons. The lowest BCUT2D eigenvalue weighted by atomic mass is 10.2. The van der Waals surface area contributed by atoms with Gasteiger partial charge in [-0.15, -0.1) is 0 Å². The fourth-order valence-electron chi connectivity index (χ4n) is 2.67. The monoisotopic (exact) mass is 343 g/mol. The van der Waals surface area contributed by atoms with Gasteiger partial charge in [-0.25, -0.2) is 0 Å². The summed E-state index contributed by atoms with van der Waals surface area (Å²) in [5.74, 6) is 2.68. The Labute approximate surface area is 146 Å². The summed E-state index contributed by atoms with van der Waals surface area (Å²) in [7, 11) is 1.64. The second-order valence-electron chi connectivity index (χ2n) is 5.63. The third kappa shape index (κ3) is 4.20. The maximum atomic E-state index is 12.7. The van der Waals surface area contributed by atoms with E-state index >= 15 is 0 Å². The summed E-state index contributed by atoms with van der Waals surface area (Å²) in [6.07, 6.45) is 7.49. The van der Waals surface area contributed by atoms with Gasteiger partial charge in [0.15, 0.2) is 0 Å². The largest absolute Gasteiger partial charge is 0.497 e. The minimum absolute atomic E-state index is 0.0393. The van der Waals surface area contributed by atoms with Crippen molar-refractivity contribution in [3.63, 3.8) is 0 Å². The zero-order valence-electron chi connectivity index (χ0n) is 13.6. The van der Waals surface area contributed by atoms with Gasteiger partial charge in [0, 0.05) is 23.9 Å². The summed E-state index contributed by atoms with van der Waals surface area (Å²) >= 11 is 1.94. The van der Waals surface area contributed by atoms with E-state index in [1.54, 1.807) is 24.3 Å². The highest BCUT2D eigenvalue weighted by Gasteiger charge is 2.23. The number of methoxy groups -OCH3 is 1. The smallest absolute Gasteiger partial charge is 0.252 e. The average molecular weight is 343 g/mol. The SMILES string of the molecule is COc1ccc(/C=C/C(=O)N(CC2CCCS2)c2ccn[nH]2)cc1. The zero-order chi connectivity index (χ0) is 16.8. The number of ether oxygens (including phenoxy) is 1. The van der Waals surface area contributed by atoms with Crippen LogP contribution in [0.5, 0.6) is 5.75 Å². The molecule has 6 heteroatoms. The molecule has 2 aromatic rings. The van der Waals surface area contributed by atoms with Crippen LogP contribution in [0.2, 0.25) is 0 Å². The van der Waals surface area contributed by atoms with Crippen molar-refractivity contribution in [3.8, 4) is 5.75 Å². The summed E-state index contributed by atoms with van der Waals surface area (Å²) in [4.78, 5) is 14.5. The topological polar surface area (TPSA) is 58.2 Å². The number of aromatic amines is 1. The van der Waals surface area contributed by atoms with Crippen LogP contribution in [0, 0.1) is 0 Å². The van der Waals surface area contributed by atoms with Crippen molar-refractivity contribution >= 4 is 29.6 Å². The molecule has 0 bridgehead atoms. The fraction of sp³-hybridized carbons (Fsp3) is 0.333. The quantitative estimate of drug-likeness (QED) is 0.817. The number of benzene rings is 1. The fourth-order valence-corrected chi connectivity index (χ4v) is 3.92. The summed E-state index contributed by atoms with van der Waals surface area (Å²) in [6.45, 7) is 0.707. The van der Waals surface area contributed by atoms with Gasteiger partial charge in [0.25, 0.3) is 5.91 Å². The first-order chi connectivity index (χ1) is 11.8. The summed E-state index contributed by atoms with van der Waals surface area (Å²) < 4.78 is 5.14. The first kappa shape index (κ1) is 16.6. The Morgan fingerprint density at radius 2 is 2.25 bits per heavy atom. The molecule has 1 aliphatic heterocycles. The van der Waals surface area contributed by atoms with E-state index < -0.39 is 0 Å². The van der Waals surface area contributed by atoms with E-state index in [-0.39, 0.29) is 5.91 Å². The average Bonchev–Trinajstić information content (AvgIpc) is 3.31. The molecule has 1 aromatic carbocycles. The van der Waals surface area contributed by atoms with Crippen LogP contribution in [0.3, 0.4) is 0 Å². The minimum Gasteiger partial charge on any atom is -0.497 e. The molecule has 0 spiro atoms. The van der Waals surface area contributed by atoms with Crippen molar-refractivity contribution in [2.45, 2.75) is 18.1 Å². The molecule has 2 heterocycles. The Bertz CT molecular complexity index is 677. The van der Waals surface area contributed by atoms with Gasteiger partial charge in [0.05, 0.1) is 13.3 Å². The predicted molar refractivity (Wildman–Crippen MR) is 98.4 cm³/mol. The van der Waals surface area contributed by atoms with Crippen LogP contribution in [0.15, 0.2) is 42.6 Å². The van der Waals surface area contributed by atoms with Gasteiger partial charge in [-0.1, -0.05) is 12.1 Å². The second kappa shape index (κ2) is 8.06. The Hall–Kier alpha value is -2.21. The number of nitrogens with zero attached hydrogens (tertiary/aromatic N) is 2. The Morgan fingerprint density at radius 3 is 2.88 bits per heavy atom. The number of carbonyl (C=O) groups is 1. The first-order valence-corrected chi connectivity index (χ1v) is 9.06. The minimum atomic E-state index is -0.0393. The number of thioether (sulfide) groups is 1. The maximum absolute atomic E-state index is 12.7. The van der Waals surface area contributed by atoms with Gasteiger partial charge in [0.1, 0.15) is 11.6 Å². The van der Waals surface area contributed by atoms with Gasteiger partial charge in [-0.2, -0.15) is 16.9 Å². The highest BCUT2D eigenvalue weighted by atomic mass is 32.2. The number of aromatic nitrogens is 2. The second-order valence-corrected chi connectivity index (χ2v) is 7.04. The third-order valence-electron chi connectivity index (χ3n) is 3.99. The van der Waals surface area contributed by atoms with E-state index in [4.69, 9.17) is 4.74 Å². The van der Waals surface area contributed by atoms with Gasteiger partial charge in [-0.3, -0.25) is 14.8 Å². The molecule has 1 amide bonds. The molecular formula is C18H21N3O2S. The zero-order valence-corrected chi connectivity index (χ0v) is 14.5. The molecule has 0 aliphatic carbocycles. The molecule has 1 fully saturated rings. The standard InChI is InChI=1S/C18H21N3O2S/c1-23-15-7-4-14(5-8-15)6-9-18(22)21(17-10-11-19-20-17)13-16-3-2-12-24-16/h4-11,16H,2-3,12-13H2,1H3,(H,19,20)/b9-6+. The van der Waals surface area contributed by atoms with Crippen molar-refractivity contribution < 1.29 is 9.53 Å². The molecule has 1 atom stereocenters. The highest BCUT2D eigenvalue weighted by Crippen LogP contribution is 2.28. The van der Waals surface area contributed by atoms with Crippen molar-refractivity contribution in [3.05, 3.63) is 48.2 Å². The number of nitrogens with one attached hydrogen (secondary N) is 1. The number of amides is 1. The van der Waals surface area contributed by atoms with Crippen LogP contribution in [-0.4, -0.2) is 40.8 Å². The molecule has 5 nitrogen and oxygen atoms in total. The molecular weight excluding hydrogens is 322 g/mol. The van der Waals surface area contributed by atoms with Crippen LogP contribution in [0.25, 0.3) is 6.08 Å². The van der Waals surface area contributed by atoms with Crippen LogP contribution in [-0.2, 0) is 4.79 Å². The van der Waals surface area contributed by atoms with Crippen LogP contribution >= 0.6 is 11.8 Å². The molecule has 24 heavy (non-hydrogen) atoms. The number of anilines is 1. The van der Waals surface area contributed by atoms with E-state index in [1.807, 2.05) is 48.2 Å². The molecule has 1 saturated heterocycles. The lowest BCUT2D eigenvalue weighted by molar-refractivity contribution is -0.114. The summed E-state index contributed by atoms with van der Waals surface area (Å²) in [6, 6.07) is 9.45. The first-order valence-electron chi connectivity index (χ1n) is 8.01. The van der Waals surface area contributed by atoms with Gasteiger partial charge < -0.3 is 4.74 Å². The maximum Gasteiger partial charge on any atom is 0.252 e. The highest BCUT2D eigenvalue weighted by molar-refractivity contribution is 8.00. The molecule has 3 rings (SSSR count). The van der Waals surface area contributed by atoms with Crippen LogP contribution in [0.4, 0.5) is 5.82 Å². The normalized spacial score (nSPS) is 17.3. The van der Waals surface area contributed by atoms with E-state index in [1.165, 1.54) is 12.2 Å². The van der Waals surface area contributed by atoms with Gasteiger partial charge in [0.2, 0.25) is 0 Å². The van der Waals surface area contributed by atoms with Crippen LogP contribution in [0.1, 0.15) is 18.4 Å². The molecule has 1 unspecified atom stereocenters. The lowest BCUT2D eigenvalue weighted by Gasteiger charge is -2.22. The Kier molecular flexibility index (Phi) is 5.59. The molecule has 1 N–H and O–H groups in total. The van der Waals surface area contributed by atoms with E-state index in [2.05, 4.69) is 10.2 Å². The number of hydrogen-bond acceptors (Lipinski definition) is 4. The molecule has 0 saturated carbocycles. The van der Waals surface area contributed by atoms with Gasteiger partial charge in [-0.05, 0) is 42.4 Å². The van der Waals surface area contributed by atoms with E-state index in [0.29, 0.717) is 11.8 Å². The lowest BCUT2D eigenvalue weighted by Crippen LogP contribution is -2.35. The summed E-state index contributed by atoms with van der Waals surface area (Å²) in [5, 5.41) is 7.37. The van der Waals surface area contributed by atoms with Crippen molar-refractivity contribution in [1.82, 2.24) is 10.2 Å². The van der Waals surface area contributed by atoms with Crippen molar-refractivity contribution in [2.75, 3.05) is 24.3 Å². The predicted octanol–water partition coefficient (Wildman–Crippen LogP) is 3.36. The number of rotatable bonds is 6. The molecule has 1 aliphatic rings. The molecule has 1 aromatic heterocycles. The molecule has 126 valence electrons. The number of carbonyl (C=O) groups excluding carboxylic acids is 1. The third-order valence-corrected chi connectivity index (χ3v) is 5.37. The van der Waals surface area contributed by atoms with Gasteiger partial charge >= 0.3 is 0 Å². The Balaban J connectivity index is 1.71. The van der Waals surface area contributed by atoms with Crippen LogP contribution < -0.4 is 9.64 Å². The van der Waals surface area contributed by atoms with Crippen molar-refractivity contribution in [2.24, 2.45) is 0 Å². The van der Waals surface area contributed by atoms with E-state index in [9.17, 15) is 4.79 Å². The summed E-state index contributed by atoms with van der Waals surface area (Å²) in [5.41, 5.74) is 0.962. The Morgan fingerprint density at radius 1 is 1.42 bits per heavy atom.